The van der Waals surface area contributed by atoms with E-state index in [9.17, 15) is 19.5 Å². The standard InChI is InChI=1S/C74H137NO8/c1-6-8-10-12-14-16-18-20-22-24-26-28-30-32-33-34-35-36-37-38-39-41-43-45-47-49-51-53-55-57-59-61-63-65-72(77)83-70(69-82-74(73(78)79)80-67-66-75(3,4)5)68-81-71(76)64-62-60-58-56-54-52-50-48-46-44-42-40-31-29-27-25-23-21-19-17-15-13-11-9-7-2/h18-21,24-27,70,74H,6-17,22-23,28-69H2,1-5H3/p+1/b20-18-,21-19-,26-24-,27-25-. The lowest BCUT2D eigenvalue weighted by atomic mass is 10.0. The Morgan fingerprint density at radius 1 is 0.361 bits per heavy atom. The molecule has 0 heterocycles. The number of hydrogen-bond donors (Lipinski definition) is 1. The van der Waals surface area contributed by atoms with Crippen molar-refractivity contribution < 1.29 is 42.9 Å². The second-order valence-corrected chi connectivity index (χ2v) is 25.5. The van der Waals surface area contributed by atoms with Crippen LogP contribution < -0.4 is 0 Å². The average Bonchev–Trinajstić information content (AvgIpc) is 3.46. The van der Waals surface area contributed by atoms with E-state index >= 15 is 0 Å². The number of carboxylic acid groups (broad SMARTS) is 1. The van der Waals surface area contributed by atoms with Crippen molar-refractivity contribution in [2.45, 2.75) is 360 Å². The zero-order valence-electron chi connectivity index (χ0n) is 55.6. The number of rotatable bonds is 67. The minimum absolute atomic E-state index is 0.179. The molecule has 83 heavy (non-hydrogen) atoms. The highest BCUT2D eigenvalue weighted by molar-refractivity contribution is 5.71. The first-order valence-electron chi connectivity index (χ1n) is 35.8. The number of carbonyl (C=O) groups is 3. The predicted octanol–water partition coefficient (Wildman–Crippen LogP) is 22.1. The number of likely N-dealkylation sites (N-methyl/N-ethyl adjacent to an activating group) is 1. The molecule has 0 aromatic rings. The maximum Gasteiger partial charge on any atom is 0.361 e. The number of carboxylic acids is 1. The number of quaternary nitrogens is 1. The van der Waals surface area contributed by atoms with Crippen LogP contribution in [0.1, 0.15) is 348 Å². The first-order valence-corrected chi connectivity index (χ1v) is 35.8. The van der Waals surface area contributed by atoms with Gasteiger partial charge in [-0.05, 0) is 77.0 Å². The van der Waals surface area contributed by atoms with Crippen LogP contribution in [0.25, 0.3) is 0 Å². The SMILES string of the molecule is CCCCCCC/C=C\C/C=C\CCCCCCCCCCCCCCCCCCCCCCCC(=O)OC(COC(=O)CCCCCCCCCCCCCCC/C=C\C/C=C\CCCCCCC)COC(OCC[N+](C)(C)C)C(=O)O. The minimum atomic E-state index is -1.51. The summed E-state index contributed by atoms with van der Waals surface area (Å²) < 4.78 is 23.0. The van der Waals surface area contributed by atoms with Gasteiger partial charge < -0.3 is 28.5 Å². The molecule has 0 bridgehead atoms. The van der Waals surface area contributed by atoms with E-state index in [1.54, 1.807) is 0 Å². The Balaban J connectivity index is 4.05. The van der Waals surface area contributed by atoms with Gasteiger partial charge in [-0.3, -0.25) is 9.59 Å². The normalized spacial score (nSPS) is 12.9. The molecule has 9 nitrogen and oxygen atoms in total. The Bertz CT molecular complexity index is 1500. The molecule has 0 aromatic carbocycles. The molecule has 0 aliphatic carbocycles. The average molecular weight is 1170 g/mol. The summed E-state index contributed by atoms with van der Waals surface area (Å²) in [6.45, 7) is 4.91. The van der Waals surface area contributed by atoms with E-state index in [-0.39, 0.29) is 38.2 Å². The number of unbranched alkanes of at least 4 members (excludes halogenated alkanes) is 44. The molecule has 0 rings (SSSR count). The molecule has 0 radical (unpaired) electrons. The predicted molar refractivity (Wildman–Crippen MR) is 355 cm³/mol. The van der Waals surface area contributed by atoms with Gasteiger partial charge in [0.15, 0.2) is 6.10 Å². The van der Waals surface area contributed by atoms with Crippen molar-refractivity contribution in [3.63, 3.8) is 0 Å². The molecule has 0 saturated carbocycles. The smallest absolute Gasteiger partial charge is 0.361 e. The second kappa shape index (κ2) is 65.2. The van der Waals surface area contributed by atoms with Crippen molar-refractivity contribution in [3.05, 3.63) is 48.6 Å². The van der Waals surface area contributed by atoms with Gasteiger partial charge in [0.1, 0.15) is 13.2 Å². The molecule has 0 aliphatic rings. The Hall–Kier alpha value is -2.75. The number of esters is 2. The van der Waals surface area contributed by atoms with E-state index in [4.69, 9.17) is 18.9 Å². The van der Waals surface area contributed by atoms with Gasteiger partial charge >= 0.3 is 17.9 Å². The largest absolute Gasteiger partial charge is 0.477 e. The highest BCUT2D eigenvalue weighted by atomic mass is 16.7. The summed E-state index contributed by atoms with van der Waals surface area (Å²) in [5, 5.41) is 9.75. The molecular formula is C74H138NO8+. The quantitative estimate of drug-likeness (QED) is 0.0211. The van der Waals surface area contributed by atoms with E-state index < -0.39 is 18.4 Å². The molecule has 0 aliphatic heterocycles. The molecular weight excluding hydrogens is 1030 g/mol. The third kappa shape index (κ3) is 66.6. The molecule has 2 unspecified atom stereocenters. The molecule has 0 aromatic heterocycles. The zero-order chi connectivity index (χ0) is 60.5. The number of ether oxygens (including phenoxy) is 4. The van der Waals surface area contributed by atoms with E-state index in [0.717, 1.165) is 51.4 Å². The monoisotopic (exact) mass is 1170 g/mol. The Morgan fingerprint density at radius 3 is 0.952 bits per heavy atom. The minimum Gasteiger partial charge on any atom is -0.477 e. The lowest BCUT2D eigenvalue weighted by molar-refractivity contribution is -0.870. The summed E-state index contributed by atoms with van der Waals surface area (Å²) in [4.78, 5) is 37.6. The van der Waals surface area contributed by atoms with E-state index in [1.807, 2.05) is 21.1 Å². The van der Waals surface area contributed by atoms with E-state index in [1.165, 1.54) is 270 Å². The fourth-order valence-electron chi connectivity index (χ4n) is 10.5. The molecule has 0 saturated heterocycles. The van der Waals surface area contributed by atoms with Gasteiger partial charge in [-0.1, -0.05) is 306 Å². The van der Waals surface area contributed by atoms with Gasteiger partial charge in [0.2, 0.25) is 0 Å². The van der Waals surface area contributed by atoms with Crippen LogP contribution in [0, 0.1) is 0 Å². The van der Waals surface area contributed by atoms with Crippen LogP contribution in [0.5, 0.6) is 0 Å². The molecule has 2 atom stereocenters. The van der Waals surface area contributed by atoms with Crippen LogP contribution in [0.2, 0.25) is 0 Å². The second-order valence-electron chi connectivity index (χ2n) is 25.5. The van der Waals surface area contributed by atoms with Gasteiger partial charge in [-0.15, -0.1) is 0 Å². The van der Waals surface area contributed by atoms with Crippen LogP contribution in [0.4, 0.5) is 0 Å². The fourth-order valence-corrected chi connectivity index (χ4v) is 10.5. The number of nitrogens with zero attached hydrogens (tertiary/aromatic N) is 1. The van der Waals surface area contributed by atoms with Crippen molar-refractivity contribution >= 4 is 17.9 Å². The summed E-state index contributed by atoms with van der Waals surface area (Å²) in [5.74, 6) is -1.98. The summed E-state index contributed by atoms with van der Waals surface area (Å²) in [7, 11) is 5.99. The lowest BCUT2D eigenvalue weighted by Crippen LogP contribution is -2.40. The summed E-state index contributed by atoms with van der Waals surface area (Å²) in [5.41, 5.74) is 0. The van der Waals surface area contributed by atoms with Crippen LogP contribution in [0.15, 0.2) is 48.6 Å². The van der Waals surface area contributed by atoms with Crippen molar-refractivity contribution in [2.24, 2.45) is 0 Å². The maximum atomic E-state index is 12.9. The first-order chi connectivity index (χ1) is 40.6. The third-order valence-electron chi connectivity index (χ3n) is 16.1. The van der Waals surface area contributed by atoms with Crippen molar-refractivity contribution in [1.82, 2.24) is 0 Å². The maximum absolute atomic E-state index is 12.9. The van der Waals surface area contributed by atoms with Gasteiger partial charge in [-0.2, -0.15) is 0 Å². The molecule has 1 N–H and O–H groups in total. The van der Waals surface area contributed by atoms with E-state index in [2.05, 4.69) is 62.5 Å². The lowest BCUT2D eigenvalue weighted by Gasteiger charge is -2.25. The first kappa shape index (κ1) is 80.2. The Kier molecular flexibility index (Phi) is 63.1. The van der Waals surface area contributed by atoms with Crippen LogP contribution >= 0.6 is 0 Å². The highest BCUT2D eigenvalue weighted by Crippen LogP contribution is 2.18. The summed E-state index contributed by atoms with van der Waals surface area (Å²) in [6, 6.07) is 0. The topological polar surface area (TPSA) is 108 Å². The number of allylic oxidation sites excluding steroid dienone is 8. The summed E-state index contributed by atoms with van der Waals surface area (Å²) >= 11 is 0. The van der Waals surface area contributed by atoms with Crippen molar-refractivity contribution in [3.8, 4) is 0 Å². The van der Waals surface area contributed by atoms with Crippen LogP contribution in [-0.4, -0.2) is 87.4 Å². The number of carbonyl (C=O) groups excluding carboxylic acids is 2. The summed E-state index contributed by atoms with van der Waals surface area (Å²) in [6.07, 6.45) is 80.9. The fraction of sp³-hybridized carbons (Fsp3) is 0.851. The van der Waals surface area contributed by atoms with Gasteiger partial charge in [-0.25, -0.2) is 4.79 Å². The van der Waals surface area contributed by atoms with Crippen LogP contribution in [0.3, 0.4) is 0 Å². The molecule has 0 fully saturated rings. The van der Waals surface area contributed by atoms with Gasteiger partial charge in [0, 0.05) is 12.8 Å². The Morgan fingerprint density at radius 2 is 0.651 bits per heavy atom. The van der Waals surface area contributed by atoms with E-state index in [0.29, 0.717) is 17.4 Å². The Labute approximate surface area is 514 Å². The zero-order valence-corrected chi connectivity index (χ0v) is 55.6. The van der Waals surface area contributed by atoms with Crippen molar-refractivity contribution in [1.29, 1.82) is 0 Å². The van der Waals surface area contributed by atoms with Crippen molar-refractivity contribution in [2.75, 3.05) is 47.5 Å². The molecule has 9 heteroatoms. The molecule has 0 amide bonds. The molecule has 486 valence electrons. The number of aliphatic carboxylic acids is 1. The molecule has 0 spiro atoms. The van der Waals surface area contributed by atoms with Gasteiger partial charge in [0.25, 0.3) is 6.29 Å². The highest BCUT2D eigenvalue weighted by Gasteiger charge is 2.25. The van der Waals surface area contributed by atoms with Crippen LogP contribution in [-0.2, 0) is 33.3 Å². The number of hydrogen-bond acceptors (Lipinski definition) is 7. The third-order valence-corrected chi connectivity index (χ3v) is 16.1. The van der Waals surface area contributed by atoms with Gasteiger partial charge in [0.05, 0.1) is 34.4 Å².